The van der Waals surface area contributed by atoms with E-state index in [9.17, 15) is 8.76 Å². The molecule has 1 atom stereocenters. The first-order valence-corrected chi connectivity index (χ1v) is 7.43. The van der Waals surface area contributed by atoms with Crippen LogP contribution in [0.4, 0.5) is 0 Å². The van der Waals surface area contributed by atoms with E-state index >= 15 is 0 Å². The molecular formula is C11H11NO2S2. The van der Waals surface area contributed by atoms with Crippen molar-refractivity contribution >= 4 is 26.0 Å². The predicted octanol–water partition coefficient (Wildman–Crippen LogP) is 2.10. The molecule has 84 valence electrons. The van der Waals surface area contributed by atoms with Gasteiger partial charge in [0, 0.05) is 17.8 Å². The van der Waals surface area contributed by atoms with Gasteiger partial charge in [-0.3, -0.25) is 0 Å². The van der Waals surface area contributed by atoms with E-state index in [0.29, 0.717) is 9.87 Å². The Kier molecular flexibility index (Phi) is 3.09. The summed E-state index contributed by atoms with van der Waals surface area (Å²) in [4.78, 5) is 4.51. The zero-order chi connectivity index (χ0) is 11.6. The van der Waals surface area contributed by atoms with Gasteiger partial charge in [-0.15, -0.1) is 11.3 Å². The highest BCUT2D eigenvalue weighted by atomic mass is 32.2. The van der Waals surface area contributed by atoms with E-state index in [1.165, 1.54) is 17.6 Å². The summed E-state index contributed by atoms with van der Waals surface area (Å²) in [5, 5.41) is 2.39. The first kappa shape index (κ1) is 11.3. The van der Waals surface area contributed by atoms with Crippen molar-refractivity contribution in [3.63, 3.8) is 0 Å². The highest BCUT2D eigenvalue weighted by molar-refractivity contribution is 7.97. The first-order valence-electron chi connectivity index (χ1n) is 4.63. The minimum atomic E-state index is -3.03. The Balaban J connectivity index is 2.70. The van der Waals surface area contributed by atoms with Crippen molar-refractivity contribution in [1.29, 1.82) is 0 Å². The van der Waals surface area contributed by atoms with E-state index in [2.05, 4.69) is 4.98 Å². The van der Waals surface area contributed by atoms with Crippen LogP contribution < -0.4 is 0 Å². The second kappa shape index (κ2) is 4.37. The van der Waals surface area contributed by atoms with Gasteiger partial charge in [-0.1, -0.05) is 30.3 Å². The maximum atomic E-state index is 11.9. The Morgan fingerprint density at radius 3 is 2.56 bits per heavy atom. The summed E-state index contributed by atoms with van der Waals surface area (Å²) in [6, 6.07) is 9.19. The molecule has 2 rings (SSSR count). The lowest BCUT2D eigenvalue weighted by Crippen LogP contribution is -2.14. The molecule has 0 bridgehead atoms. The van der Waals surface area contributed by atoms with Crippen LogP contribution in [0.1, 0.15) is 10.6 Å². The quantitative estimate of drug-likeness (QED) is 0.658. The number of rotatable bonds is 2. The number of hydrogen-bond acceptors (Lipinski definition) is 3. The van der Waals surface area contributed by atoms with Gasteiger partial charge in [0.2, 0.25) is 0 Å². The molecule has 5 heteroatoms. The smallest absolute Gasteiger partial charge is 0.134 e. The number of thiazole rings is 1. The molecule has 1 aromatic heterocycles. The van der Waals surface area contributed by atoms with Crippen molar-refractivity contribution in [3.05, 3.63) is 52.5 Å². The molecule has 0 amide bonds. The fraction of sp³-hybridized carbons (Fsp3) is 0.0909. The summed E-state index contributed by atoms with van der Waals surface area (Å²) < 4.78 is 21.6. The topological polar surface area (TPSA) is 50.2 Å². The lowest BCUT2D eigenvalue weighted by atomic mass is 10.2. The van der Waals surface area contributed by atoms with Crippen molar-refractivity contribution in [1.82, 2.24) is 4.98 Å². The largest absolute Gasteiger partial charge is 0.313 e. The minimum absolute atomic E-state index is 0.406. The zero-order valence-electron chi connectivity index (χ0n) is 8.66. The normalized spacial score (nSPS) is 14.4. The van der Waals surface area contributed by atoms with Crippen LogP contribution >= 0.6 is 11.3 Å². The van der Waals surface area contributed by atoms with Crippen LogP contribution in [0.25, 0.3) is 0 Å². The summed E-state index contributed by atoms with van der Waals surface area (Å²) >= 11 is 1.37. The number of aromatic nitrogens is 1. The molecule has 1 aromatic carbocycles. The molecule has 0 fully saturated rings. The van der Waals surface area contributed by atoms with Gasteiger partial charge >= 0.3 is 0 Å². The standard InChI is InChI=1S/C11H11NO2S2/c1-16(13,14)10(11-12-7-8-15-11)9-5-3-2-4-6-9/h2-8H,1H3,(H,13,14). The van der Waals surface area contributed by atoms with E-state index in [0.717, 1.165) is 5.56 Å². The van der Waals surface area contributed by atoms with Crippen LogP contribution in [-0.4, -0.2) is 24.9 Å². The second-order valence-corrected chi connectivity index (χ2v) is 6.24. The third-order valence-corrected chi connectivity index (χ3v) is 4.15. The van der Waals surface area contributed by atoms with Gasteiger partial charge in [0.15, 0.2) is 0 Å². The molecule has 2 aromatic rings. The van der Waals surface area contributed by atoms with Crippen molar-refractivity contribution in [2.24, 2.45) is 0 Å². The van der Waals surface area contributed by atoms with Crippen molar-refractivity contribution in [3.8, 4) is 0 Å². The van der Waals surface area contributed by atoms with Crippen LogP contribution in [0.5, 0.6) is 0 Å². The van der Waals surface area contributed by atoms with Gasteiger partial charge in [-0.25, -0.2) is 9.19 Å². The third kappa shape index (κ3) is 2.32. The molecule has 0 aliphatic rings. The fourth-order valence-corrected chi connectivity index (χ4v) is 3.58. The van der Waals surface area contributed by atoms with Gasteiger partial charge in [-0.05, 0) is 5.56 Å². The predicted molar refractivity (Wildman–Crippen MR) is 68.5 cm³/mol. The highest BCUT2D eigenvalue weighted by Gasteiger charge is 2.14. The molecule has 0 saturated heterocycles. The Bertz CT molecular complexity index is 574. The number of nitrogens with zero attached hydrogens (tertiary/aromatic N) is 1. The molecule has 0 aliphatic heterocycles. The average molecular weight is 253 g/mol. The Morgan fingerprint density at radius 2 is 2.06 bits per heavy atom. The maximum Gasteiger partial charge on any atom is 0.134 e. The highest BCUT2D eigenvalue weighted by Crippen LogP contribution is 2.15. The van der Waals surface area contributed by atoms with Crippen molar-refractivity contribution in [2.75, 3.05) is 6.26 Å². The van der Waals surface area contributed by atoms with Gasteiger partial charge in [0.1, 0.15) is 5.01 Å². The zero-order valence-corrected chi connectivity index (χ0v) is 10.3. The summed E-state index contributed by atoms with van der Waals surface area (Å²) in [5.74, 6) is 0. The summed E-state index contributed by atoms with van der Waals surface area (Å²) in [5.41, 5.74) is 0.743. The lowest BCUT2D eigenvalue weighted by molar-refractivity contribution is 0.566. The average Bonchev–Trinajstić information content (AvgIpc) is 2.71. The van der Waals surface area contributed by atoms with Crippen LogP contribution in [0.3, 0.4) is 0 Å². The molecular weight excluding hydrogens is 242 g/mol. The maximum absolute atomic E-state index is 11.9. The Morgan fingerprint density at radius 1 is 1.38 bits per heavy atom. The molecule has 0 aliphatic carbocycles. The van der Waals surface area contributed by atoms with Crippen molar-refractivity contribution < 1.29 is 8.76 Å². The summed E-state index contributed by atoms with van der Waals surface area (Å²) in [7, 11) is -3.03. The third-order valence-electron chi connectivity index (χ3n) is 2.04. The van der Waals surface area contributed by atoms with Gasteiger partial charge < -0.3 is 4.55 Å². The molecule has 16 heavy (non-hydrogen) atoms. The van der Waals surface area contributed by atoms with Crippen LogP contribution in [0.15, 0.2) is 41.9 Å². The van der Waals surface area contributed by atoms with Crippen LogP contribution in [0, 0.1) is 0 Å². The fourth-order valence-electron chi connectivity index (χ4n) is 1.43. The molecule has 1 heterocycles. The van der Waals surface area contributed by atoms with E-state index in [4.69, 9.17) is 0 Å². The van der Waals surface area contributed by atoms with E-state index in [1.807, 2.05) is 30.3 Å². The Labute approximate surface area is 98.6 Å². The number of hydrogen-bond donors (Lipinski definition) is 1. The van der Waals surface area contributed by atoms with Crippen LogP contribution in [-0.2, 0) is 9.80 Å². The van der Waals surface area contributed by atoms with Crippen molar-refractivity contribution in [2.45, 2.75) is 0 Å². The molecule has 0 saturated carbocycles. The molecule has 0 spiro atoms. The molecule has 0 radical (unpaired) electrons. The number of benzene rings is 1. The van der Waals surface area contributed by atoms with E-state index in [1.54, 1.807) is 11.6 Å². The van der Waals surface area contributed by atoms with E-state index < -0.39 is 9.80 Å². The molecule has 1 unspecified atom stereocenters. The minimum Gasteiger partial charge on any atom is -0.313 e. The molecule has 3 nitrogen and oxygen atoms in total. The van der Waals surface area contributed by atoms with Gasteiger partial charge in [0.25, 0.3) is 0 Å². The van der Waals surface area contributed by atoms with Crippen LogP contribution in [0.2, 0.25) is 0 Å². The monoisotopic (exact) mass is 253 g/mol. The summed E-state index contributed by atoms with van der Waals surface area (Å²) in [6.07, 6.45) is 2.95. The second-order valence-electron chi connectivity index (χ2n) is 3.33. The van der Waals surface area contributed by atoms with Gasteiger partial charge in [0.05, 0.1) is 14.7 Å². The SMILES string of the molecule is CS(=O)(O)=C(c1ccccc1)c1nccs1. The first-order chi connectivity index (χ1) is 7.59. The summed E-state index contributed by atoms with van der Waals surface area (Å²) in [6.45, 7) is 0. The Hall–Kier alpha value is -1.17. The van der Waals surface area contributed by atoms with E-state index in [-0.39, 0.29) is 0 Å². The van der Waals surface area contributed by atoms with Gasteiger partial charge in [-0.2, -0.15) is 0 Å². The lowest BCUT2D eigenvalue weighted by Gasteiger charge is -2.07. The molecule has 1 N–H and O–H groups in total.